The molecule has 1 aliphatic rings. The van der Waals surface area contributed by atoms with Gasteiger partial charge in [-0.1, -0.05) is 55.8 Å². The second-order valence-electron chi connectivity index (χ2n) is 8.59. The smallest absolute Gasteiger partial charge is 0.303 e. The second kappa shape index (κ2) is 14.1. The molecule has 0 aromatic heterocycles. The van der Waals surface area contributed by atoms with Crippen molar-refractivity contribution in [3.05, 3.63) is 54.6 Å². The number of hydrogen-bond acceptors (Lipinski definition) is 5. The highest BCUT2D eigenvalue weighted by Gasteiger charge is 2.39. The normalized spacial score (nSPS) is 25.4. The van der Waals surface area contributed by atoms with Crippen LogP contribution >= 0.6 is 0 Å². The Morgan fingerprint density at radius 2 is 1.91 bits per heavy atom. The maximum atomic E-state index is 10.8. The molecule has 6 heteroatoms. The zero-order chi connectivity index (χ0) is 23.3. The summed E-state index contributed by atoms with van der Waals surface area (Å²) in [5, 5.41) is 40.3. The fourth-order valence-electron chi connectivity index (χ4n) is 4.19. The fraction of sp³-hybridized carbons (Fsp3) is 0.577. The minimum atomic E-state index is -0.820. The second-order valence-corrected chi connectivity index (χ2v) is 8.59. The van der Waals surface area contributed by atoms with Crippen LogP contribution in [0.4, 0.5) is 0 Å². The Hall–Kier alpha value is -2.15. The van der Waals surface area contributed by atoms with Gasteiger partial charge in [0.15, 0.2) is 0 Å². The van der Waals surface area contributed by atoms with Crippen LogP contribution in [0.15, 0.2) is 54.6 Å². The third-order valence-electron chi connectivity index (χ3n) is 6.04. The largest absolute Gasteiger partial charge is 0.487 e. The molecule has 1 saturated carbocycles. The number of allylic oxidation sites excluding steroid dienone is 2. The molecule has 1 aliphatic carbocycles. The molecule has 0 amide bonds. The van der Waals surface area contributed by atoms with Crippen molar-refractivity contribution >= 4 is 5.97 Å². The van der Waals surface area contributed by atoms with Gasteiger partial charge in [-0.2, -0.15) is 0 Å². The summed E-state index contributed by atoms with van der Waals surface area (Å²) in [5.74, 6) is -0.492. The Labute approximate surface area is 191 Å². The van der Waals surface area contributed by atoms with Gasteiger partial charge in [-0.3, -0.25) is 4.79 Å². The summed E-state index contributed by atoms with van der Waals surface area (Å²) >= 11 is 0. The summed E-state index contributed by atoms with van der Waals surface area (Å²) in [7, 11) is 0. The molecule has 0 saturated heterocycles. The standard InChI is InChI=1S/C26H38O6/c1-2-3-14-25(32-19-11-7-6-8-12-19)22(27)17-16-21-20(23(28)18-24(21)29)13-9-4-5-10-15-26(30)31/h4,6-9,11-12,16-17,20-25,27-29H,2-3,5,10,13-15,18H2,1H3,(H,30,31)/b9-4+,17-16+/t20-,21+,22+,23-,24+,25?/m0/s1. The number of carboxylic acid groups (broad SMARTS) is 1. The predicted octanol–water partition coefficient (Wildman–Crippen LogP) is 4.10. The number of rotatable bonds is 14. The van der Waals surface area contributed by atoms with Crippen LogP contribution in [0.1, 0.15) is 58.3 Å². The molecular weight excluding hydrogens is 408 g/mol. The Kier molecular flexibility index (Phi) is 11.5. The topological polar surface area (TPSA) is 107 Å². The third-order valence-corrected chi connectivity index (χ3v) is 6.04. The number of para-hydroxylation sites is 1. The van der Waals surface area contributed by atoms with Crippen molar-refractivity contribution in [1.82, 2.24) is 0 Å². The monoisotopic (exact) mass is 446 g/mol. The van der Waals surface area contributed by atoms with E-state index in [0.717, 1.165) is 19.3 Å². The maximum Gasteiger partial charge on any atom is 0.303 e. The molecular formula is C26H38O6. The van der Waals surface area contributed by atoms with Gasteiger partial charge in [0, 0.05) is 18.8 Å². The molecule has 0 bridgehead atoms. The zero-order valence-corrected chi connectivity index (χ0v) is 18.9. The Bertz CT molecular complexity index is 716. The maximum absolute atomic E-state index is 10.8. The van der Waals surface area contributed by atoms with Crippen LogP contribution in [-0.2, 0) is 4.79 Å². The van der Waals surface area contributed by atoms with Crippen LogP contribution in [0.2, 0.25) is 0 Å². The first-order chi connectivity index (χ1) is 15.4. The molecule has 1 unspecified atom stereocenters. The average Bonchev–Trinajstić information content (AvgIpc) is 3.04. The molecule has 32 heavy (non-hydrogen) atoms. The van der Waals surface area contributed by atoms with E-state index in [-0.39, 0.29) is 24.4 Å². The molecule has 0 radical (unpaired) electrons. The summed E-state index contributed by atoms with van der Waals surface area (Å²) in [6.45, 7) is 2.10. The molecule has 1 aromatic carbocycles. The SMILES string of the molecule is CCCCC(Oc1ccccc1)[C@H](O)/C=C/[C@@H]1[C@H](C/C=C/CCCC(=O)O)[C@@H](O)C[C@H]1O. The van der Waals surface area contributed by atoms with E-state index in [1.54, 1.807) is 6.08 Å². The van der Waals surface area contributed by atoms with E-state index in [0.29, 0.717) is 31.4 Å². The predicted molar refractivity (Wildman–Crippen MR) is 124 cm³/mol. The van der Waals surface area contributed by atoms with Crippen molar-refractivity contribution in [2.24, 2.45) is 11.8 Å². The van der Waals surface area contributed by atoms with E-state index in [2.05, 4.69) is 6.92 Å². The quantitative estimate of drug-likeness (QED) is 0.253. The Morgan fingerprint density at radius 1 is 1.16 bits per heavy atom. The van der Waals surface area contributed by atoms with Crippen molar-refractivity contribution in [1.29, 1.82) is 0 Å². The number of carboxylic acids is 1. The van der Waals surface area contributed by atoms with E-state index in [4.69, 9.17) is 9.84 Å². The van der Waals surface area contributed by atoms with Gasteiger partial charge in [-0.05, 0) is 50.2 Å². The van der Waals surface area contributed by atoms with Gasteiger partial charge in [0.2, 0.25) is 0 Å². The van der Waals surface area contributed by atoms with Crippen LogP contribution in [0.3, 0.4) is 0 Å². The number of aliphatic carboxylic acids is 1. The number of aliphatic hydroxyl groups excluding tert-OH is 3. The van der Waals surface area contributed by atoms with Gasteiger partial charge < -0.3 is 25.2 Å². The molecule has 2 rings (SSSR count). The number of hydrogen-bond donors (Lipinski definition) is 4. The number of carbonyl (C=O) groups is 1. The van der Waals surface area contributed by atoms with E-state index in [9.17, 15) is 20.1 Å². The summed E-state index contributed by atoms with van der Waals surface area (Å²) in [6.07, 6.45) is 9.87. The van der Waals surface area contributed by atoms with Gasteiger partial charge >= 0.3 is 5.97 Å². The number of aliphatic hydroxyl groups is 3. The summed E-state index contributed by atoms with van der Waals surface area (Å²) in [6, 6.07) is 9.43. The Morgan fingerprint density at radius 3 is 2.59 bits per heavy atom. The minimum Gasteiger partial charge on any atom is -0.487 e. The van der Waals surface area contributed by atoms with Crippen LogP contribution in [0.25, 0.3) is 0 Å². The number of benzene rings is 1. The highest BCUT2D eigenvalue weighted by molar-refractivity contribution is 5.66. The average molecular weight is 447 g/mol. The van der Waals surface area contributed by atoms with Crippen LogP contribution in [0.5, 0.6) is 5.75 Å². The lowest BCUT2D eigenvalue weighted by Gasteiger charge is -2.24. The Balaban J connectivity index is 1.97. The molecule has 1 fully saturated rings. The molecule has 0 aliphatic heterocycles. The molecule has 0 heterocycles. The van der Waals surface area contributed by atoms with Crippen molar-refractivity contribution in [2.75, 3.05) is 0 Å². The number of ether oxygens (including phenoxy) is 1. The first-order valence-electron chi connectivity index (χ1n) is 11.7. The van der Waals surface area contributed by atoms with Crippen molar-refractivity contribution in [3.8, 4) is 5.75 Å². The van der Waals surface area contributed by atoms with E-state index in [1.807, 2.05) is 48.6 Å². The van der Waals surface area contributed by atoms with Crippen molar-refractivity contribution < 1.29 is 30.0 Å². The van der Waals surface area contributed by atoms with Crippen molar-refractivity contribution in [2.45, 2.75) is 82.7 Å². The number of unbranched alkanes of at least 4 members (excludes halogenated alkanes) is 2. The van der Waals surface area contributed by atoms with E-state index in [1.165, 1.54) is 0 Å². The molecule has 4 N–H and O–H groups in total. The van der Waals surface area contributed by atoms with Gasteiger partial charge in [0.1, 0.15) is 18.0 Å². The van der Waals surface area contributed by atoms with Gasteiger partial charge in [-0.25, -0.2) is 0 Å². The zero-order valence-electron chi connectivity index (χ0n) is 18.9. The van der Waals surface area contributed by atoms with Crippen LogP contribution in [0, 0.1) is 11.8 Å². The lowest BCUT2D eigenvalue weighted by molar-refractivity contribution is -0.137. The van der Waals surface area contributed by atoms with Gasteiger partial charge in [0.05, 0.1) is 12.2 Å². The van der Waals surface area contributed by atoms with E-state index >= 15 is 0 Å². The van der Waals surface area contributed by atoms with Crippen LogP contribution in [-0.4, -0.2) is 50.8 Å². The molecule has 6 atom stereocenters. The molecule has 6 nitrogen and oxygen atoms in total. The molecule has 178 valence electrons. The van der Waals surface area contributed by atoms with E-state index < -0.39 is 24.3 Å². The molecule has 1 aromatic rings. The van der Waals surface area contributed by atoms with Gasteiger partial charge in [-0.15, -0.1) is 0 Å². The van der Waals surface area contributed by atoms with Gasteiger partial charge in [0.25, 0.3) is 0 Å². The highest BCUT2D eigenvalue weighted by atomic mass is 16.5. The summed E-state index contributed by atoms with van der Waals surface area (Å²) in [5.41, 5.74) is 0. The van der Waals surface area contributed by atoms with Crippen LogP contribution < -0.4 is 4.74 Å². The summed E-state index contributed by atoms with van der Waals surface area (Å²) < 4.78 is 6.02. The first kappa shape index (κ1) is 26.1. The third kappa shape index (κ3) is 8.77. The minimum absolute atomic E-state index is 0.141. The lowest BCUT2D eigenvalue weighted by Crippen LogP contribution is -2.31. The first-order valence-corrected chi connectivity index (χ1v) is 11.7. The molecule has 0 spiro atoms. The highest BCUT2D eigenvalue weighted by Crippen LogP contribution is 2.36. The summed E-state index contributed by atoms with van der Waals surface area (Å²) in [4.78, 5) is 10.6. The van der Waals surface area contributed by atoms with Crippen molar-refractivity contribution in [3.63, 3.8) is 0 Å². The fourth-order valence-corrected chi connectivity index (χ4v) is 4.19. The lowest BCUT2D eigenvalue weighted by atomic mass is 9.89.